The molecule has 4 rings (SSSR count). The number of nitrogens with one attached hydrogen (secondary N) is 1. The molecule has 22 heavy (non-hydrogen) atoms. The summed E-state index contributed by atoms with van der Waals surface area (Å²) in [6.07, 6.45) is 0. The number of carbonyl (C=O) groups is 1. The highest BCUT2D eigenvalue weighted by Crippen LogP contribution is 2.43. The van der Waals surface area contributed by atoms with Gasteiger partial charge in [-0.15, -0.1) is 0 Å². The molecule has 6 heteroatoms. The Kier molecular flexibility index (Phi) is 3.32. The van der Waals surface area contributed by atoms with E-state index in [9.17, 15) is 4.79 Å². The molecule has 110 valence electrons. The number of fused-ring (bicyclic) bond motifs is 3. The maximum absolute atomic E-state index is 12.3. The summed E-state index contributed by atoms with van der Waals surface area (Å²) < 4.78 is 0. The molecular formula is C16H12ClN3OS. The standard InChI is InChI=1S/C16H12ClN3OS/c17-11-3-1-2-10(8-11)15(21)19-12-4-5-14-13(9-12)20-7-6-18-16(20)22-14/h1-5,8-9H,6-7H2,(H,19,21). The molecule has 2 heterocycles. The molecule has 2 aromatic rings. The van der Waals surface area contributed by atoms with E-state index in [4.69, 9.17) is 11.6 Å². The minimum Gasteiger partial charge on any atom is -0.322 e. The normalized spacial score (nSPS) is 15.3. The maximum Gasteiger partial charge on any atom is 0.255 e. The highest BCUT2D eigenvalue weighted by molar-refractivity contribution is 8.14. The fraction of sp³-hybridized carbons (Fsp3) is 0.125. The second kappa shape index (κ2) is 5.34. The van der Waals surface area contributed by atoms with Crippen LogP contribution in [0.25, 0.3) is 0 Å². The molecule has 2 aromatic carbocycles. The lowest BCUT2D eigenvalue weighted by atomic mass is 10.2. The topological polar surface area (TPSA) is 44.7 Å². The number of amidine groups is 1. The van der Waals surface area contributed by atoms with Crippen LogP contribution in [-0.4, -0.2) is 24.2 Å². The average molecular weight is 330 g/mol. The summed E-state index contributed by atoms with van der Waals surface area (Å²) in [5.74, 6) is -0.164. The van der Waals surface area contributed by atoms with Crippen LogP contribution in [0.4, 0.5) is 11.4 Å². The Bertz CT molecular complexity index is 806. The molecule has 2 aliphatic rings. The minimum absolute atomic E-state index is 0.164. The third-order valence-corrected chi connectivity index (χ3v) is 4.93. The van der Waals surface area contributed by atoms with Crippen molar-refractivity contribution in [3.8, 4) is 0 Å². The van der Waals surface area contributed by atoms with Crippen molar-refractivity contribution in [2.24, 2.45) is 4.99 Å². The monoisotopic (exact) mass is 329 g/mol. The van der Waals surface area contributed by atoms with Crippen molar-refractivity contribution >= 4 is 45.8 Å². The number of nitrogens with zero attached hydrogens (tertiary/aromatic N) is 2. The van der Waals surface area contributed by atoms with E-state index in [0.29, 0.717) is 10.6 Å². The Morgan fingerprint density at radius 3 is 3.05 bits per heavy atom. The second-order valence-corrected chi connectivity index (χ2v) is 6.51. The number of rotatable bonds is 2. The fourth-order valence-electron chi connectivity index (χ4n) is 2.56. The summed E-state index contributed by atoms with van der Waals surface area (Å²) in [6, 6.07) is 12.9. The molecule has 0 fully saturated rings. The van der Waals surface area contributed by atoms with Crippen molar-refractivity contribution < 1.29 is 4.79 Å². The first-order chi connectivity index (χ1) is 10.7. The first-order valence-corrected chi connectivity index (χ1v) is 8.11. The van der Waals surface area contributed by atoms with Crippen LogP contribution in [0.2, 0.25) is 5.02 Å². The van der Waals surface area contributed by atoms with Crippen LogP contribution in [0.15, 0.2) is 52.4 Å². The van der Waals surface area contributed by atoms with Gasteiger partial charge in [-0.3, -0.25) is 9.79 Å². The molecular weight excluding hydrogens is 318 g/mol. The molecule has 4 nitrogen and oxygen atoms in total. The van der Waals surface area contributed by atoms with E-state index in [-0.39, 0.29) is 5.91 Å². The van der Waals surface area contributed by atoms with E-state index in [1.54, 1.807) is 36.0 Å². The van der Waals surface area contributed by atoms with Gasteiger partial charge < -0.3 is 10.2 Å². The number of halogens is 1. The summed E-state index contributed by atoms with van der Waals surface area (Å²) in [4.78, 5) is 20.1. The molecule has 0 unspecified atom stereocenters. The van der Waals surface area contributed by atoms with Crippen LogP contribution in [0, 0.1) is 0 Å². The number of hydrogen-bond acceptors (Lipinski definition) is 4. The van der Waals surface area contributed by atoms with Gasteiger partial charge in [0.15, 0.2) is 5.17 Å². The van der Waals surface area contributed by atoms with Gasteiger partial charge in [-0.05, 0) is 48.2 Å². The average Bonchev–Trinajstić information content (AvgIpc) is 3.08. The van der Waals surface area contributed by atoms with Crippen molar-refractivity contribution in [3.05, 3.63) is 53.1 Å². The van der Waals surface area contributed by atoms with Crippen molar-refractivity contribution in [1.82, 2.24) is 0 Å². The summed E-state index contributed by atoms with van der Waals surface area (Å²) in [5, 5.41) is 4.52. The highest BCUT2D eigenvalue weighted by Gasteiger charge is 2.29. The van der Waals surface area contributed by atoms with Gasteiger partial charge in [0, 0.05) is 27.7 Å². The Hall–Kier alpha value is -1.98. The zero-order valence-corrected chi connectivity index (χ0v) is 13.1. The molecule has 0 atom stereocenters. The van der Waals surface area contributed by atoms with Gasteiger partial charge in [0.2, 0.25) is 0 Å². The Morgan fingerprint density at radius 1 is 1.27 bits per heavy atom. The van der Waals surface area contributed by atoms with E-state index in [1.807, 2.05) is 18.2 Å². The lowest BCUT2D eigenvalue weighted by molar-refractivity contribution is 0.102. The van der Waals surface area contributed by atoms with Gasteiger partial charge in [-0.25, -0.2) is 0 Å². The smallest absolute Gasteiger partial charge is 0.255 e. The number of amides is 1. The van der Waals surface area contributed by atoms with Crippen LogP contribution in [0.3, 0.4) is 0 Å². The van der Waals surface area contributed by atoms with E-state index in [0.717, 1.165) is 29.6 Å². The van der Waals surface area contributed by atoms with Gasteiger partial charge >= 0.3 is 0 Å². The molecule has 0 spiro atoms. The first-order valence-electron chi connectivity index (χ1n) is 6.91. The fourth-order valence-corrected chi connectivity index (χ4v) is 3.81. The van der Waals surface area contributed by atoms with Crippen molar-refractivity contribution in [2.45, 2.75) is 4.90 Å². The van der Waals surface area contributed by atoms with Gasteiger partial charge in [-0.2, -0.15) is 0 Å². The lowest BCUT2D eigenvalue weighted by Crippen LogP contribution is -2.21. The quantitative estimate of drug-likeness (QED) is 0.909. The van der Waals surface area contributed by atoms with Crippen molar-refractivity contribution in [2.75, 3.05) is 23.3 Å². The molecule has 0 bridgehead atoms. The SMILES string of the molecule is O=C(Nc1ccc2c(c1)N1CCN=C1S2)c1cccc(Cl)c1. The second-order valence-electron chi connectivity index (χ2n) is 5.06. The molecule has 0 aromatic heterocycles. The molecule has 2 aliphatic heterocycles. The Morgan fingerprint density at radius 2 is 2.18 bits per heavy atom. The predicted octanol–water partition coefficient (Wildman–Crippen LogP) is 3.87. The summed E-state index contributed by atoms with van der Waals surface area (Å²) >= 11 is 7.61. The van der Waals surface area contributed by atoms with E-state index < -0.39 is 0 Å². The first kappa shape index (κ1) is 13.7. The van der Waals surface area contributed by atoms with Crippen LogP contribution < -0.4 is 10.2 Å². The van der Waals surface area contributed by atoms with Gasteiger partial charge in [0.1, 0.15) is 0 Å². The minimum atomic E-state index is -0.164. The zero-order valence-electron chi connectivity index (χ0n) is 11.5. The third-order valence-electron chi connectivity index (χ3n) is 3.60. The van der Waals surface area contributed by atoms with Crippen molar-refractivity contribution in [1.29, 1.82) is 0 Å². The van der Waals surface area contributed by atoms with E-state index in [2.05, 4.69) is 15.2 Å². The van der Waals surface area contributed by atoms with Gasteiger partial charge in [-0.1, -0.05) is 17.7 Å². The number of benzene rings is 2. The molecule has 0 aliphatic carbocycles. The summed E-state index contributed by atoms with van der Waals surface area (Å²) in [6.45, 7) is 1.74. The van der Waals surface area contributed by atoms with Crippen LogP contribution in [0.1, 0.15) is 10.4 Å². The van der Waals surface area contributed by atoms with E-state index in [1.165, 1.54) is 4.90 Å². The Balaban J connectivity index is 1.59. The van der Waals surface area contributed by atoms with Crippen LogP contribution in [0.5, 0.6) is 0 Å². The maximum atomic E-state index is 12.3. The molecule has 0 radical (unpaired) electrons. The number of carbonyl (C=O) groups excluding carboxylic acids is 1. The lowest BCUT2D eigenvalue weighted by Gasteiger charge is -2.13. The number of thioether (sulfide) groups is 1. The molecule has 1 amide bonds. The zero-order chi connectivity index (χ0) is 15.1. The highest BCUT2D eigenvalue weighted by atomic mass is 35.5. The van der Waals surface area contributed by atoms with Gasteiger partial charge in [0.25, 0.3) is 5.91 Å². The number of aliphatic imine (C=N–C) groups is 1. The summed E-state index contributed by atoms with van der Waals surface area (Å²) in [7, 11) is 0. The van der Waals surface area contributed by atoms with Crippen molar-refractivity contribution in [3.63, 3.8) is 0 Å². The molecule has 1 N–H and O–H groups in total. The number of anilines is 2. The van der Waals surface area contributed by atoms with Crippen LogP contribution >= 0.6 is 23.4 Å². The third kappa shape index (κ3) is 2.36. The molecule has 0 saturated heterocycles. The van der Waals surface area contributed by atoms with Gasteiger partial charge in [0.05, 0.1) is 12.2 Å². The largest absolute Gasteiger partial charge is 0.322 e. The molecule has 0 saturated carbocycles. The van der Waals surface area contributed by atoms with E-state index >= 15 is 0 Å². The Labute approximate surface area is 137 Å². The predicted molar refractivity (Wildman–Crippen MR) is 91.4 cm³/mol. The number of hydrogen-bond donors (Lipinski definition) is 1. The van der Waals surface area contributed by atoms with Crippen LogP contribution in [-0.2, 0) is 0 Å². The summed E-state index contributed by atoms with van der Waals surface area (Å²) in [5.41, 5.74) is 2.44.